The van der Waals surface area contributed by atoms with Crippen molar-refractivity contribution in [2.75, 3.05) is 6.16 Å². The Morgan fingerprint density at radius 1 is 0.429 bits per heavy atom. The Morgan fingerprint density at radius 2 is 0.643 bits per heavy atom. The van der Waals surface area contributed by atoms with Crippen molar-refractivity contribution in [3.8, 4) is 0 Å². The van der Waals surface area contributed by atoms with Gasteiger partial charge in [0.05, 0.1) is 6.16 Å². The number of hydrogen-bond donors (Lipinski definition) is 0. The molecule has 0 bridgehead atoms. The Balaban J connectivity index is 3.42. The normalized spacial score (nSPS) is 14.6. The highest BCUT2D eigenvalue weighted by Gasteiger charge is 2.39. The molecule has 0 aromatic heterocycles. The summed E-state index contributed by atoms with van der Waals surface area (Å²) in [7, 11) is -4.93. The molecular weight excluding hydrogens is 535 g/mol. The average Bonchev–Trinajstić information content (AvgIpc) is 2.71. The fourth-order valence-corrected chi connectivity index (χ4v) is 6.77. The van der Waals surface area contributed by atoms with E-state index < -0.39 is 20.0 Å². The third-order valence-corrected chi connectivity index (χ3v) is 9.24. The first-order valence-electron chi connectivity index (χ1n) is 15.7. The van der Waals surface area contributed by atoms with E-state index in [4.69, 9.17) is 0 Å². The van der Waals surface area contributed by atoms with Gasteiger partial charge >= 0.3 is 0 Å². The molecule has 0 aliphatic heterocycles. The van der Waals surface area contributed by atoms with Crippen LogP contribution in [0.3, 0.4) is 0 Å². The molecule has 0 aliphatic carbocycles. The Kier molecular flexibility index (Phi) is 9.92. The lowest BCUT2D eigenvalue weighted by Gasteiger charge is -2.48. The van der Waals surface area contributed by atoms with E-state index in [-0.39, 0.29) is 32.5 Å². The predicted molar refractivity (Wildman–Crippen MR) is 179 cm³/mol. The van der Waals surface area contributed by atoms with Crippen LogP contribution >= 0.6 is 7.94 Å². The maximum atomic E-state index is 13.0. The van der Waals surface area contributed by atoms with E-state index in [9.17, 15) is 14.7 Å². The van der Waals surface area contributed by atoms with Crippen LogP contribution in [0, 0.1) is 0 Å². The smallest absolute Gasteiger partial charge is 0.0534 e. The highest BCUT2D eigenvalue weighted by molar-refractivity contribution is 7.54. The third-order valence-electron chi connectivity index (χ3n) is 8.43. The number of rotatable bonds is 4. The molecule has 2 aromatic rings. The summed E-state index contributed by atoms with van der Waals surface area (Å²) < 4.78 is 0. The van der Waals surface area contributed by atoms with Crippen LogP contribution in [0.2, 0.25) is 0 Å². The maximum absolute atomic E-state index is 13.0. The van der Waals surface area contributed by atoms with Gasteiger partial charge in [0, 0.05) is 5.92 Å². The van der Waals surface area contributed by atoms with E-state index in [0.29, 0.717) is 0 Å². The van der Waals surface area contributed by atoms with Crippen LogP contribution in [0.15, 0.2) is 24.3 Å². The first-order valence-corrected chi connectivity index (χ1v) is 17.4. The highest BCUT2D eigenvalue weighted by Crippen LogP contribution is 2.52. The lowest BCUT2D eigenvalue weighted by atomic mass is 9.65. The van der Waals surface area contributed by atoms with Gasteiger partial charge in [-0.25, -0.2) is 0 Å². The molecule has 238 valence electrons. The van der Waals surface area contributed by atoms with Crippen molar-refractivity contribution in [1.29, 1.82) is 0 Å². The molecule has 0 amide bonds. The van der Waals surface area contributed by atoms with Crippen LogP contribution in [0.1, 0.15) is 175 Å². The quantitative estimate of drug-likeness (QED) is 0.333. The molecule has 0 N–H and O–H groups in total. The van der Waals surface area contributed by atoms with Gasteiger partial charge in [-0.1, -0.05) is 149 Å². The van der Waals surface area contributed by atoms with Crippen LogP contribution < -0.4 is 14.7 Å². The molecule has 0 aliphatic rings. The minimum atomic E-state index is -4.93. The van der Waals surface area contributed by atoms with Crippen molar-refractivity contribution in [3.63, 3.8) is 0 Å². The van der Waals surface area contributed by atoms with E-state index in [1.807, 2.05) is 0 Å². The Bertz CT molecular complexity index is 1110. The van der Waals surface area contributed by atoms with Gasteiger partial charge in [-0.2, -0.15) is 7.94 Å². The van der Waals surface area contributed by atoms with Gasteiger partial charge in [-0.3, -0.25) is 0 Å². The van der Waals surface area contributed by atoms with Gasteiger partial charge in [-0.05, 0) is 77.0 Å². The molecule has 0 heterocycles. The molecule has 0 radical (unpaired) electrons. The van der Waals surface area contributed by atoms with Gasteiger partial charge in [0.1, 0.15) is 0 Å². The largest absolute Gasteiger partial charge is 0.688 e. The van der Waals surface area contributed by atoms with Crippen LogP contribution in [0.25, 0.3) is 0 Å². The maximum Gasteiger partial charge on any atom is 0.0534 e. The Hall–Kier alpha value is -1.25. The first kappa shape index (κ1) is 36.9. The summed E-state index contributed by atoms with van der Waals surface area (Å²) in [5.41, 5.74) is 7.66. The zero-order chi connectivity index (χ0) is 33.2. The molecule has 0 fully saturated rings. The molecule has 2 rings (SSSR count). The lowest BCUT2D eigenvalue weighted by Crippen LogP contribution is -2.39. The standard InChI is InChI=1S/C38H63O3P/c1-33(2,3)24-19-27(35(7,8)9)31(28(20-24)36(10,11)12)26(23-42(39,40)41)32-29(37(13,14)15)21-25(34(4,5)6)22-30(32)38(16,17)18/h19-22,26H,23H2,1-18H3,(H2,39,40,41)/p-2. The zero-order valence-corrected chi connectivity index (χ0v) is 31.2. The molecule has 4 heteroatoms. The van der Waals surface area contributed by atoms with E-state index in [1.165, 1.54) is 11.1 Å². The molecule has 42 heavy (non-hydrogen) atoms. The van der Waals surface area contributed by atoms with Gasteiger partial charge in [0.15, 0.2) is 0 Å². The third kappa shape index (κ3) is 8.68. The molecule has 0 atom stereocenters. The molecule has 3 nitrogen and oxygen atoms in total. The minimum absolute atomic E-state index is 0.0954. The highest BCUT2D eigenvalue weighted by atomic mass is 31.2. The zero-order valence-electron chi connectivity index (χ0n) is 30.3. The second kappa shape index (κ2) is 11.3. The van der Waals surface area contributed by atoms with Crippen molar-refractivity contribution in [1.82, 2.24) is 0 Å². The molecule has 0 saturated carbocycles. The van der Waals surface area contributed by atoms with Crippen molar-refractivity contribution in [2.24, 2.45) is 0 Å². The van der Waals surface area contributed by atoms with Crippen LogP contribution in [0.5, 0.6) is 0 Å². The van der Waals surface area contributed by atoms with E-state index >= 15 is 0 Å². The second-order valence-corrected chi connectivity index (χ2v) is 20.4. The summed E-state index contributed by atoms with van der Waals surface area (Å²) in [4.78, 5) is 38.9. The second-order valence-electron chi connectivity index (χ2n) is 18.8. The minimum Gasteiger partial charge on any atom is -0.688 e. The van der Waals surface area contributed by atoms with E-state index in [2.05, 4.69) is 149 Å². The predicted octanol–water partition coefficient (Wildman–Crippen LogP) is 8.45. The summed E-state index contributed by atoms with van der Waals surface area (Å²) >= 11 is 0. The summed E-state index contributed by atoms with van der Waals surface area (Å²) in [5, 5.41) is 0. The SMILES string of the molecule is CC(C)(C)c1cc(C(C)(C)C)c(C(C[P+]([O-])([O-])[O-])c2c(C(C)(C)C)cc(C(C)(C)C)cc2C(C)(C)C)c(C(C)(C)C)c1. The van der Waals surface area contributed by atoms with Crippen molar-refractivity contribution in [3.05, 3.63) is 68.8 Å². The van der Waals surface area contributed by atoms with Crippen LogP contribution in [-0.4, -0.2) is 6.16 Å². The van der Waals surface area contributed by atoms with Gasteiger partial charge in [0.25, 0.3) is 0 Å². The summed E-state index contributed by atoms with van der Waals surface area (Å²) in [5.74, 6) is -0.597. The van der Waals surface area contributed by atoms with E-state index in [1.54, 1.807) is 0 Å². The fourth-order valence-electron chi connectivity index (χ4n) is 5.96. The van der Waals surface area contributed by atoms with E-state index in [0.717, 1.165) is 33.4 Å². The van der Waals surface area contributed by atoms with Gasteiger partial charge in [-0.15, -0.1) is 0 Å². The van der Waals surface area contributed by atoms with Crippen molar-refractivity contribution < 1.29 is 14.7 Å². The topological polar surface area (TPSA) is 69.2 Å². The van der Waals surface area contributed by atoms with Gasteiger partial charge < -0.3 is 14.7 Å². The summed E-state index contributed by atoms with van der Waals surface area (Å²) in [6.07, 6.45) is -0.449. The monoisotopic (exact) mass is 596 g/mol. The van der Waals surface area contributed by atoms with Crippen LogP contribution in [-0.2, 0) is 32.5 Å². The average molecular weight is 597 g/mol. The van der Waals surface area contributed by atoms with Gasteiger partial charge in [0.2, 0.25) is 0 Å². The molecular formula is C38H61O3P-2. The molecule has 0 saturated heterocycles. The number of hydrogen-bond acceptors (Lipinski definition) is 3. The first-order chi connectivity index (χ1) is 18.3. The number of benzene rings is 2. The molecule has 0 spiro atoms. The Morgan fingerprint density at radius 3 is 0.786 bits per heavy atom. The van der Waals surface area contributed by atoms with Crippen molar-refractivity contribution >= 4 is 7.94 Å². The van der Waals surface area contributed by atoms with Crippen LogP contribution in [0.4, 0.5) is 0 Å². The van der Waals surface area contributed by atoms with Crippen molar-refractivity contribution in [2.45, 2.75) is 163 Å². The fraction of sp³-hybridized carbons (Fsp3) is 0.684. The lowest BCUT2D eigenvalue weighted by molar-refractivity contribution is -0.427. The molecule has 0 unspecified atom stereocenters. The Labute approximate surface area is 260 Å². The summed E-state index contributed by atoms with van der Waals surface area (Å²) in [6.45, 7) is 39.8. The summed E-state index contributed by atoms with van der Waals surface area (Å²) in [6, 6.07) is 9.15. The molecule has 2 aromatic carbocycles.